The fraction of sp³-hybridized carbons (Fsp3) is 0.200. The number of anilines is 1. The molecule has 0 aromatic heterocycles. The van der Waals surface area contributed by atoms with E-state index in [9.17, 15) is 14.7 Å². The molecule has 2 aliphatic rings. The Kier molecular flexibility index (Phi) is 3.97. The van der Waals surface area contributed by atoms with Gasteiger partial charge in [0, 0.05) is 25.8 Å². The molecule has 0 fully saturated rings. The van der Waals surface area contributed by atoms with Crippen LogP contribution in [0, 0.1) is 0 Å². The Hall–Kier alpha value is -3.12. The predicted molar refractivity (Wildman–Crippen MR) is 97.1 cm³/mol. The van der Waals surface area contributed by atoms with E-state index in [4.69, 9.17) is 0 Å². The molecule has 0 spiro atoms. The molecular formula is C20H19N3O3. The summed E-state index contributed by atoms with van der Waals surface area (Å²) < 4.78 is 0. The van der Waals surface area contributed by atoms with Crippen molar-refractivity contribution in [2.24, 2.45) is 0 Å². The van der Waals surface area contributed by atoms with Crippen LogP contribution in [0.3, 0.4) is 0 Å². The monoisotopic (exact) mass is 349 g/mol. The van der Waals surface area contributed by atoms with Crippen molar-refractivity contribution < 1.29 is 14.7 Å². The van der Waals surface area contributed by atoms with Crippen molar-refractivity contribution in [1.82, 2.24) is 9.80 Å². The summed E-state index contributed by atoms with van der Waals surface area (Å²) >= 11 is 0. The first-order chi connectivity index (χ1) is 12.5. The minimum absolute atomic E-state index is 0.159. The molecule has 0 atom stereocenters. The highest BCUT2D eigenvalue weighted by Gasteiger charge is 2.42. The minimum Gasteiger partial charge on any atom is -0.508 e. The van der Waals surface area contributed by atoms with E-state index < -0.39 is 0 Å². The van der Waals surface area contributed by atoms with Gasteiger partial charge in [-0.1, -0.05) is 30.3 Å². The Morgan fingerprint density at radius 2 is 1.65 bits per heavy atom. The number of nitrogens with zero attached hydrogens (tertiary/aromatic N) is 3. The van der Waals surface area contributed by atoms with Crippen molar-refractivity contribution in [3.05, 3.63) is 71.4 Å². The summed E-state index contributed by atoms with van der Waals surface area (Å²) in [6.45, 7) is 1.61. The number of aromatic hydroxyl groups is 1. The van der Waals surface area contributed by atoms with Crippen LogP contribution in [0.25, 0.3) is 0 Å². The lowest BCUT2D eigenvalue weighted by Gasteiger charge is -2.36. The number of phenols is 1. The van der Waals surface area contributed by atoms with E-state index in [2.05, 4.69) is 4.90 Å². The summed E-state index contributed by atoms with van der Waals surface area (Å²) in [6, 6.07) is 16.7. The number of carbonyl (C=O) groups is 2. The Labute approximate surface area is 151 Å². The largest absolute Gasteiger partial charge is 0.508 e. The van der Waals surface area contributed by atoms with Gasteiger partial charge in [-0.15, -0.1) is 0 Å². The second-order valence-electron chi connectivity index (χ2n) is 6.55. The number of amides is 2. The molecule has 2 heterocycles. The number of carbonyl (C=O) groups excluding carboxylic acids is 2. The van der Waals surface area contributed by atoms with E-state index in [-0.39, 0.29) is 17.6 Å². The highest BCUT2D eigenvalue weighted by Crippen LogP contribution is 2.33. The van der Waals surface area contributed by atoms with Crippen LogP contribution in [0.15, 0.2) is 65.9 Å². The van der Waals surface area contributed by atoms with Crippen molar-refractivity contribution in [2.75, 3.05) is 25.2 Å². The molecule has 132 valence electrons. The van der Waals surface area contributed by atoms with E-state index in [0.717, 1.165) is 11.3 Å². The van der Waals surface area contributed by atoms with E-state index in [1.165, 1.54) is 11.9 Å². The smallest absolute Gasteiger partial charge is 0.277 e. The second kappa shape index (κ2) is 6.31. The maximum atomic E-state index is 12.6. The number of likely N-dealkylation sites (N-methyl/N-ethyl adjacent to an activating group) is 1. The van der Waals surface area contributed by atoms with Gasteiger partial charge in [-0.2, -0.15) is 0 Å². The number of rotatable bonds is 3. The third-order valence-corrected chi connectivity index (χ3v) is 4.76. The molecule has 0 aliphatic carbocycles. The van der Waals surface area contributed by atoms with Crippen LogP contribution < -0.4 is 4.90 Å². The van der Waals surface area contributed by atoms with Gasteiger partial charge in [-0.05, 0) is 29.8 Å². The van der Waals surface area contributed by atoms with Crippen molar-refractivity contribution in [2.45, 2.75) is 6.54 Å². The lowest BCUT2D eigenvalue weighted by atomic mass is 10.1. The Morgan fingerprint density at radius 3 is 2.35 bits per heavy atom. The summed E-state index contributed by atoms with van der Waals surface area (Å²) in [5.41, 5.74) is 2.87. The number of hydrogen-bond donors (Lipinski definition) is 1. The van der Waals surface area contributed by atoms with Crippen LogP contribution in [-0.2, 0) is 16.1 Å². The highest BCUT2D eigenvalue weighted by atomic mass is 16.3. The molecule has 0 unspecified atom stereocenters. The number of imide groups is 1. The van der Waals surface area contributed by atoms with Gasteiger partial charge < -0.3 is 10.0 Å². The van der Waals surface area contributed by atoms with Crippen LogP contribution in [0.1, 0.15) is 5.56 Å². The fourth-order valence-corrected chi connectivity index (χ4v) is 3.44. The van der Waals surface area contributed by atoms with E-state index >= 15 is 0 Å². The van der Waals surface area contributed by atoms with Gasteiger partial charge in [-0.3, -0.25) is 19.4 Å². The number of phenolic OH excluding ortho intramolecular Hbond substituents is 1. The van der Waals surface area contributed by atoms with Crippen molar-refractivity contribution >= 4 is 17.5 Å². The van der Waals surface area contributed by atoms with Crippen LogP contribution in [0.4, 0.5) is 5.69 Å². The van der Waals surface area contributed by atoms with Gasteiger partial charge in [0.05, 0.1) is 12.2 Å². The summed E-state index contributed by atoms with van der Waals surface area (Å²) in [7, 11) is 1.51. The molecule has 0 radical (unpaired) electrons. The average Bonchev–Trinajstić information content (AvgIpc) is 2.87. The third-order valence-electron chi connectivity index (χ3n) is 4.76. The molecule has 26 heavy (non-hydrogen) atoms. The SMILES string of the molecule is CN1C(=O)C2=C(C1=O)N(c1ccc(O)cc1)CN(Cc1ccccc1)C2. The molecule has 2 aliphatic heterocycles. The molecule has 1 N–H and O–H groups in total. The van der Waals surface area contributed by atoms with Gasteiger partial charge in [-0.25, -0.2) is 0 Å². The zero-order valence-corrected chi connectivity index (χ0v) is 14.4. The maximum absolute atomic E-state index is 12.6. The van der Waals surface area contributed by atoms with Gasteiger partial charge in [0.15, 0.2) is 0 Å². The third kappa shape index (κ3) is 2.74. The van der Waals surface area contributed by atoms with Gasteiger partial charge in [0.2, 0.25) is 0 Å². The molecule has 0 saturated heterocycles. The first-order valence-corrected chi connectivity index (χ1v) is 8.43. The lowest BCUT2D eigenvalue weighted by Crippen LogP contribution is -2.44. The van der Waals surface area contributed by atoms with Crippen LogP contribution in [0.2, 0.25) is 0 Å². The predicted octanol–water partition coefficient (Wildman–Crippen LogP) is 1.92. The summed E-state index contributed by atoms with van der Waals surface area (Å²) in [5.74, 6) is -0.365. The summed E-state index contributed by atoms with van der Waals surface area (Å²) in [6.07, 6.45) is 0. The number of hydrogen-bond acceptors (Lipinski definition) is 5. The first-order valence-electron chi connectivity index (χ1n) is 8.43. The Morgan fingerprint density at radius 1 is 0.962 bits per heavy atom. The molecule has 2 aromatic rings. The normalized spacial score (nSPS) is 17.9. The maximum Gasteiger partial charge on any atom is 0.277 e. The standard InChI is InChI=1S/C20H19N3O3/c1-21-19(25)17-12-22(11-14-5-3-2-4-6-14)13-23(18(17)20(21)26)15-7-9-16(24)10-8-15/h2-10,24H,11-13H2,1H3. The van der Waals surface area contributed by atoms with E-state index in [1.54, 1.807) is 24.3 Å². The Bertz CT molecular complexity index is 890. The van der Waals surface area contributed by atoms with Crippen LogP contribution in [-0.4, -0.2) is 47.0 Å². The van der Waals surface area contributed by atoms with E-state index in [0.29, 0.717) is 31.0 Å². The molecule has 2 aromatic carbocycles. The Balaban J connectivity index is 1.71. The van der Waals surface area contributed by atoms with Crippen molar-refractivity contribution in [1.29, 1.82) is 0 Å². The molecule has 0 saturated carbocycles. The molecular weight excluding hydrogens is 330 g/mol. The first kappa shape index (κ1) is 16.4. The van der Waals surface area contributed by atoms with Crippen LogP contribution >= 0.6 is 0 Å². The van der Waals surface area contributed by atoms with Crippen molar-refractivity contribution in [3.63, 3.8) is 0 Å². The minimum atomic E-state index is -0.280. The van der Waals surface area contributed by atoms with Crippen molar-refractivity contribution in [3.8, 4) is 5.75 Å². The molecule has 6 nitrogen and oxygen atoms in total. The molecule has 6 heteroatoms. The van der Waals surface area contributed by atoms with Crippen LogP contribution in [0.5, 0.6) is 5.75 Å². The fourth-order valence-electron chi connectivity index (χ4n) is 3.44. The molecule has 4 rings (SSSR count). The summed E-state index contributed by atoms with van der Waals surface area (Å²) in [5, 5.41) is 9.56. The molecule has 0 bridgehead atoms. The van der Waals surface area contributed by atoms with E-state index in [1.807, 2.05) is 35.2 Å². The quantitative estimate of drug-likeness (QED) is 0.858. The lowest BCUT2D eigenvalue weighted by molar-refractivity contribution is -0.135. The zero-order chi connectivity index (χ0) is 18.3. The second-order valence-corrected chi connectivity index (χ2v) is 6.55. The molecule has 2 amide bonds. The van der Waals surface area contributed by atoms with Gasteiger partial charge in [0.25, 0.3) is 11.8 Å². The summed E-state index contributed by atoms with van der Waals surface area (Å²) in [4.78, 5) is 30.3. The zero-order valence-electron chi connectivity index (χ0n) is 14.4. The average molecular weight is 349 g/mol. The van der Waals surface area contributed by atoms with Gasteiger partial charge in [0.1, 0.15) is 11.4 Å². The topological polar surface area (TPSA) is 64.1 Å². The number of benzene rings is 2. The highest BCUT2D eigenvalue weighted by molar-refractivity contribution is 6.21. The van der Waals surface area contributed by atoms with Gasteiger partial charge >= 0.3 is 0 Å².